The summed E-state index contributed by atoms with van der Waals surface area (Å²) in [6, 6.07) is -1.15. The molecule has 1 aliphatic carbocycles. The Kier molecular flexibility index (Phi) is 20.6. The van der Waals surface area contributed by atoms with Crippen LogP contribution >= 0.6 is 0 Å². The molecule has 4 aliphatic rings. The van der Waals surface area contributed by atoms with Crippen LogP contribution in [0.4, 0.5) is 0 Å². The summed E-state index contributed by atoms with van der Waals surface area (Å²) >= 11 is 0. The number of Topliss-reactive ketones (excluding diaryl/α,β-unsaturated/α-hetero) is 3. The molecule has 3 aliphatic heterocycles. The number of carbonyl (C=O) groups excluding carboxylic acids is 5. The third-order valence-electron chi connectivity index (χ3n) is 14.6. The van der Waals surface area contributed by atoms with E-state index in [4.69, 9.17) is 18.9 Å². The number of ether oxygens (including phenoxy) is 4. The van der Waals surface area contributed by atoms with E-state index < -0.39 is 83.5 Å². The normalized spacial score (nSPS) is 40.8. The van der Waals surface area contributed by atoms with Crippen LogP contribution in [0.2, 0.25) is 0 Å². The molecule has 14 nitrogen and oxygen atoms in total. The number of amides is 1. The van der Waals surface area contributed by atoms with Gasteiger partial charge in [-0.15, -0.1) is 0 Å². The number of cyclic esters (lactones) is 1. The van der Waals surface area contributed by atoms with E-state index in [-0.39, 0.29) is 66.6 Å². The molecular formula is C50H79NO13. The number of methoxy groups -OCH3 is 2. The maximum atomic E-state index is 14.3. The molecule has 64 heavy (non-hydrogen) atoms. The van der Waals surface area contributed by atoms with Gasteiger partial charge in [0.1, 0.15) is 30.1 Å². The molecule has 16 atom stereocenters. The van der Waals surface area contributed by atoms with E-state index >= 15 is 0 Å². The van der Waals surface area contributed by atoms with E-state index in [9.17, 15) is 44.4 Å². The first-order chi connectivity index (χ1) is 30.2. The van der Waals surface area contributed by atoms with Crippen molar-refractivity contribution >= 4 is 29.2 Å². The SMILES string of the molecule is COC1C[C@@H]2CC[C@@H](C)[C@@](O)(O2)C(=O)C(=O)N2CCCCC2C(=O)OC([C@H](C)CC2CC[C@@H](O)[C@H](OC)C2)CC(=O)[C@H](C)/C=C(\C)[C@@H](O)[C@@H](O)C(=O)[C@H](C)C[C@H](C)/C=C/C=CCC1C. The van der Waals surface area contributed by atoms with E-state index in [2.05, 4.69) is 0 Å². The van der Waals surface area contributed by atoms with Crippen LogP contribution in [0, 0.1) is 41.4 Å². The quantitative estimate of drug-likeness (QED) is 0.151. The third kappa shape index (κ3) is 14.0. The molecule has 0 aromatic carbocycles. The minimum absolute atomic E-state index is 0.0158. The monoisotopic (exact) mass is 902 g/mol. The Hall–Kier alpha value is -3.11. The molecule has 1 saturated carbocycles. The lowest BCUT2D eigenvalue weighted by Gasteiger charge is -2.43. The number of hydrogen-bond acceptors (Lipinski definition) is 13. The minimum atomic E-state index is -2.42. The number of fused-ring (bicyclic) bond motifs is 3. The molecule has 5 unspecified atom stereocenters. The van der Waals surface area contributed by atoms with Gasteiger partial charge in [0.25, 0.3) is 11.7 Å². The number of hydrogen-bond donors (Lipinski definition) is 4. The van der Waals surface area contributed by atoms with E-state index in [1.54, 1.807) is 41.9 Å². The number of aliphatic hydroxyl groups excluding tert-OH is 3. The van der Waals surface area contributed by atoms with Crippen molar-refractivity contribution in [2.45, 2.75) is 186 Å². The predicted octanol–water partition coefficient (Wildman–Crippen LogP) is 5.61. The van der Waals surface area contributed by atoms with Crippen LogP contribution in [0.1, 0.15) is 132 Å². The largest absolute Gasteiger partial charge is 0.460 e. The highest BCUT2D eigenvalue weighted by atomic mass is 16.6. The molecule has 2 bridgehead atoms. The molecule has 0 spiro atoms. The number of ketones is 3. The molecule has 362 valence electrons. The Labute approximate surface area is 381 Å². The zero-order chi connectivity index (χ0) is 47.5. The van der Waals surface area contributed by atoms with Crippen LogP contribution in [0.15, 0.2) is 36.0 Å². The molecule has 1 amide bonds. The Balaban J connectivity index is 1.67. The van der Waals surface area contributed by atoms with E-state index in [1.165, 1.54) is 11.0 Å². The zero-order valence-corrected chi connectivity index (χ0v) is 39.9. The number of nitrogens with zero attached hydrogens (tertiary/aromatic N) is 1. The maximum absolute atomic E-state index is 14.3. The second-order valence-corrected chi connectivity index (χ2v) is 19.8. The summed E-state index contributed by atoms with van der Waals surface area (Å²) in [7, 11) is 3.16. The number of aliphatic hydroxyl groups is 4. The summed E-state index contributed by atoms with van der Waals surface area (Å²) in [5, 5.41) is 44.5. The summed E-state index contributed by atoms with van der Waals surface area (Å²) in [4.78, 5) is 71.2. The van der Waals surface area contributed by atoms with Gasteiger partial charge in [-0.2, -0.15) is 0 Å². The molecule has 0 radical (unpaired) electrons. The van der Waals surface area contributed by atoms with Crippen LogP contribution in [-0.2, 0) is 42.9 Å². The van der Waals surface area contributed by atoms with Gasteiger partial charge < -0.3 is 44.3 Å². The van der Waals surface area contributed by atoms with Crippen molar-refractivity contribution in [1.29, 1.82) is 0 Å². The summed E-state index contributed by atoms with van der Waals surface area (Å²) < 4.78 is 23.8. The van der Waals surface area contributed by atoms with Gasteiger partial charge in [-0.1, -0.05) is 71.9 Å². The smallest absolute Gasteiger partial charge is 0.329 e. The Morgan fingerprint density at radius 2 is 1.56 bits per heavy atom. The first kappa shape index (κ1) is 53.5. The summed E-state index contributed by atoms with van der Waals surface area (Å²) in [5.74, 6) is -8.44. The summed E-state index contributed by atoms with van der Waals surface area (Å²) in [5.41, 5.74) is 0.249. The van der Waals surface area contributed by atoms with Crippen LogP contribution in [0.25, 0.3) is 0 Å². The third-order valence-corrected chi connectivity index (χ3v) is 14.6. The van der Waals surface area contributed by atoms with Crippen LogP contribution in [-0.4, -0.2) is 130 Å². The van der Waals surface area contributed by atoms with Crippen LogP contribution in [0.3, 0.4) is 0 Å². The number of carbonyl (C=O) groups is 5. The molecule has 0 aromatic rings. The maximum Gasteiger partial charge on any atom is 0.329 e. The van der Waals surface area contributed by atoms with Crippen molar-refractivity contribution in [2.24, 2.45) is 41.4 Å². The standard InChI is InChI=1S/C50H79NO13/c1-29-15-11-10-12-16-30(2)41(61-8)27-37-20-18-35(7)50(60,64-37)47(57)48(58)51-22-14-13-17-38(51)49(59)63-42(32(4)25-36-19-21-39(52)43(26-36)62-9)28-40(53)31(3)24-34(6)45(55)46(56)44(54)33(5)23-29/h10-12,15,24,29-33,35-39,41-43,45-46,52,55-56,60H,13-14,16-23,25-28H2,1-9H3/b12-10?,15-11+,34-24+/t29-,30?,31-,32-,33-,35-,36?,37+,38?,39-,41?,42?,43-,45-,46+,50-/m1/s1. The first-order valence-electron chi connectivity index (χ1n) is 23.9. The lowest BCUT2D eigenvalue weighted by atomic mass is 9.78. The van der Waals surface area contributed by atoms with Crippen LogP contribution in [0.5, 0.6) is 0 Å². The van der Waals surface area contributed by atoms with Crippen molar-refractivity contribution in [1.82, 2.24) is 4.90 Å². The molecule has 3 fully saturated rings. The molecule has 14 heteroatoms. The zero-order valence-electron chi connectivity index (χ0n) is 39.9. The average Bonchev–Trinajstić information content (AvgIpc) is 3.27. The topological polar surface area (TPSA) is 206 Å². The van der Waals surface area contributed by atoms with Gasteiger partial charge in [0.2, 0.25) is 5.79 Å². The van der Waals surface area contributed by atoms with Crippen molar-refractivity contribution in [3.63, 3.8) is 0 Å². The predicted molar refractivity (Wildman–Crippen MR) is 240 cm³/mol. The second-order valence-electron chi connectivity index (χ2n) is 19.8. The van der Waals surface area contributed by atoms with Gasteiger partial charge in [-0.25, -0.2) is 4.79 Å². The lowest BCUT2D eigenvalue weighted by molar-refractivity contribution is -0.267. The average molecular weight is 902 g/mol. The van der Waals surface area contributed by atoms with Crippen molar-refractivity contribution in [2.75, 3.05) is 20.8 Å². The summed E-state index contributed by atoms with van der Waals surface area (Å²) in [6.07, 6.45) is 9.29. The lowest BCUT2D eigenvalue weighted by Crippen LogP contribution is -2.61. The molecule has 4 rings (SSSR count). The first-order valence-corrected chi connectivity index (χ1v) is 23.9. The van der Waals surface area contributed by atoms with E-state index in [1.807, 2.05) is 45.1 Å². The van der Waals surface area contributed by atoms with Gasteiger partial charge in [0.15, 0.2) is 5.78 Å². The Bertz CT molecular complexity index is 1680. The fraction of sp³-hybridized carbons (Fsp3) is 0.780. The second kappa shape index (κ2) is 24.6. The Morgan fingerprint density at radius 3 is 2.25 bits per heavy atom. The number of piperidine rings is 1. The van der Waals surface area contributed by atoms with Gasteiger partial charge >= 0.3 is 5.97 Å². The fourth-order valence-corrected chi connectivity index (χ4v) is 10.2. The highest BCUT2D eigenvalue weighted by Gasteiger charge is 2.53. The van der Waals surface area contributed by atoms with Gasteiger partial charge in [-0.3, -0.25) is 19.2 Å². The number of esters is 1. The number of rotatable bonds is 5. The van der Waals surface area contributed by atoms with E-state index in [0.717, 1.165) is 0 Å². The fourth-order valence-electron chi connectivity index (χ4n) is 10.2. The minimum Gasteiger partial charge on any atom is -0.460 e. The molecule has 3 heterocycles. The molecule has 0 aromatic heterocycles. The van der Waals surface area contributed by atoms with Crippen molar-refractivity contribution < 1.29 is 63.3 Å². The van der Waals surface area contributed by atoms with Gasteiger partial charge in [-0.05, 0) is 107 Å². The van der Waals surface area contributed by atoms with Gasteiger partial charge in [0, 0.05) is 51.4 Å². The van der Waals surface area contributed by atoms with Crippen molar-refractivity contribution in [3.8, 4) is 0 Å². The molecular weight excluding hydrogens is 823 g/mol. The molecule has 2 saturated heterocycles. The van der Waals surface area contributed by atoms with Gasteiger partial charge in [0.05, 0.1) is 24.4 Å². The van der Waals surface area contributed by atoms with Crippen LogP contribution < -0.4 is 0 Å². The highest BCUT2D eigenvalue weighted by molar-refractivity contribution is 6.39. The number of allylic oxidation sites excluding steroid dienone is 5. The molecule has 4 N–H and O–H groups in total. The Morgan fingerprint density at radius 1 is 0.859 bits per heavy atom. The van der Waals surface area contributed by atoms with E-state index in [0.29, 0.717) is 70.6 Å². The van der Waals surface area contributed by atoms with Crippen molar-refractivity contribution in [3.05, 3.63) is 36.0 Å². The highest BCUT2D eigenvalue weighted by Crippen LogP contribution is 2.38. The summed E-state index contributed by atoms with van der Waals surface area (Å²) in [6.45, 7) is 12.6.